The number of carbonyl (C=O) groups excluding carboxylic acids is 1. The molecule has 0 bridgehead atoms. The normalized spacial score (nSPS) is 18.5. The molecule has 0 aliphatic heterocycles. The van der Waals surface area contributed by atoms with Crippen LogP contribution in [0.5, 0.6) is 0 Å². The Morgan fingerprint density at radius 3 is 2.19 bits per heavy atom. The number of rotatable bonds is 0. The second kappa shape index (κ2) is 5.62. The van der Waals surface area contributed by atoms with Crippen molar-refractivity contribution in [1.29, 1.82) is 0 Å². The lowest BCUT2D eigenvalue weighted by atomic mass is 9.66. The third-order valence-electron chi connectivity index (χ3n) is 7.75. The summed E-state index contributed by atoms with van der Waals surface area (Å²) in [6.07, 6.45) is 0.784. The molecule has 1 nitrogen and oxygen atoms in total. The first-order valence-corrected chi connectivity index (χ1v) is 11.1. The molecule has 0 saturated carbocycles. The second-order valence-electron chi connectivity index (χ2n) is 9.63. The molecule has 1 heteroatoms. The molecule has 7 rings (SSSR count). The number of Topliss-reactive ketones (excluding diaryl/α,β-unsaturated/α-hetero) is 1. The lowest BCUT2D eigenvalue weighted by Gasteiger charge is -2.36. The van der Waals surface area contributed by atoms with Gasteiger partial charge in [-0.2, -0.15) is 0 Å². The van der Waals surface area contributed by atoms with E-state index in [0.717, 1.165) is 17.5 Å². The lowest BCUT2D eigenvalue weighted by Crippen LogP contribution is -2.27. The van der Waals surface area contributed by atoms with Crippen LogP contribution >= 0.6 is 0 Å². The van der Waals surface area contributed by atoms with E-state index < -0.39 is 0 Å². The van der Waals surface area contributed by atoms with Gasteiger partial charge >= 0.3 is 0 Å². The predicted octanol–water partition coefficient (Wildman–Crippen LogP) is 7.16. The van der Waals surface area contributed by atoms with Crippen LogP contribution in [0.4, 0.5) is 0 Å². The minimum absolute atomic E-state index is 0.0661. The Morgan fingerprint density at radius 2 is 1.35 bits per heavy atom. The van der Waals surface area contributed by atoms with Crippen LogP contribution in [0, 0.1) is 0 Å². The fraction of sp³-hybridized carbons (Fsp3) is 0.167. The molecule has 0 aromatic heterocycles. The number of benzene rings is 4. The highest BCUT2D eigenvalue weighted by Crippen LogP contribution is 2.57. The molecule has 1 atom stereocenters. The average Bonchev–Trinajstić information content (AvgIpc) is 3.04. The van der Waals surface area contributed by atoms with Crippen molar-refractivity contribution in [1.82, 2.24) is 0 Å². The fourth-order valence-electron chi connectivity index (χ4n) is 6.45. The molecule has 31 heavy (non-hydrogen) atoms. The van der Waals surface area contributed by atoms with Gasteiger partial charge in [0, 0.05) is 11.0 Å². The van der Waals surface area contributed by atoms with Gasteiger partial charge in [-0.05, 0) is 62.1 Å². The van der Waals surface area contributed by atoms with E-state index in [1.165, 1.54) is 50.1 Å². The second-order valence-corrected chi connectivity index (χ2v) is 9.63. The first-order chi connectivity index (χ1) is 15.1. The topological polar surface area (TPSA) is 17.1 Å². The van der Waals surface area contributed by atoms with Gasteiger partial charge in [-0.1, -0.05) is 92.7 Å². The zero-order chi connectivity index (χ0) is 20.9. The molecule has 4 aromatic rings. The quantitative estimate of drug-likeness (QED) is 0.307. The Balaban J connectivity index is 1.59. The van der Waals surface area contributed by atoms with E-state index in [-0.39, 0.29) is 17.1 Å². The molecule has 0 saturated heterocycles. The largest absolute Gasteiger partial charge is 0.293 e. The minimum Gasteiger partial charge on any atom is -0.293 e. The van der Waals surface area contributed by atoms with Crippen LogP contribution < -0.4 is 0 Å². The predicted molar refractivity (Wildman–Crippen MR) is 126 cm³/mol. The van der Waals surface area contributed by atoms with Crippen molar-refractivity contribution < 1.29 is 4.79 Å². The Hall–Kier alpha value is -3.45. The highest BCUT2D eigenvalue weighted by Gasteiger charge is 2.43. The van der Waals surface area contributed by atoms with Gasteiger partial charge in [-0.25, -0.2) is 0 Å². The van der Waals surface area contributed by atoms with E-state index in [1.54, 1.807) is 0 Å². The lowest BCUT2D eigenvalue weighted by molar-refractivity contribution is 0.0957. The molecule has 0 amide bonds. The Bertz CT molecular complexity index is 1450. The minimum atomic E-state index is -0.0847. The van der Waals surface area contributed by atoms with Crippen molar-refractivity contribution >= 4 is 5.78 Å². The van der Waals surface area contributed by atoms with Crippen LogP contribution in [0.25, 0.3) is 33.4 Å². The first-order valence-electron chi connectivity index (χ1n) is 11.1. The Labute approximate surface area is 182 Å². The fourth-order valence-corrected chi connectivity index (χ4v) is 6.45. The SMILES string of the molecule is CC1(C)c2ccccc2-c2ccc3c(c21)-c1cccc2c1C(C3)C(=O)c1ccccc1-2. The molecule has 3 aliphatic carbocycles. The number of fused-ring (bicyclic) bond motifs is 8. The van der Waals surface area contributed by atoms with Crippen molar-refractivity contribution in [2.75, 3.05) is 0 Å². The van der Waals surface area contributed by atoms with Gasteiger partial charge in [0.1, 0.15) is 0 Å². The van der Waals surface area contributed by atoms with Crippen LogP contribution in [0.3, 0.4) is 0 Å². The van der Waals surface area contributed by atoms with E-state index in [9.17, 15) is 4.79 Å². The summed E-state index contributed by atoms with van der Waals surface area (Å²) in [6.45, 7) is 4.69. The molecule has 0 fully saturated rings. The van der Waals surface area contributed by atoms with Crippen LogP contribution in [0.2, 0.25) is 0 Å². The van der Waals surface area contributed by atoms with Crippen molar-refractivity contribution in [3.8, 4) is 33.4 Å². The third kappa shape index (κ3) is 2.00. The van der Waals surface area contributed by atoms with Crippen LogP contribution in [0.1, 0.15) is 52.4 Å². The molecule has 0 radical (unpaired) electrons. The summed E-state index contributed by atoms with van der Waals surface area (Å²) in [5, 5.41) is 0. The highest BCUT2D eigenvalue weighted by atomic mass is 16.1. The summed E-state index contributed by atoms with van der Waals surface area (Å²) < 4.78 is 0. The molecule has 148 valence electrons. The van der Waals surface area contributed by atoms with Gasteiger partial charge in [0.05, 0.1) is 5.92 Å². The highest BCUT2D eigenvalue weighted by molar-refractivity contribution is 6.13. The number of hydrogen-bond acceptors (Lipinski definition) is 1. The number of carbonyl (C=O) groups is 1. The van der Waals surface area contributed by atoms with E-state index in [4.69, 9.17) is 0 Å². The molecule has 1 unspecified atom stereocenters. The van der Waals surface area contributed by atoms with Gasteiger partial charge in [0.2, 0.25) is 0 Å². The summed E-state index contributed by atoms with van der Waals surface area (Å²) in [5.41, 5.74) is 13.8. The van der Waals surface area contributed by atoms with Gasteiger partial charge in [0.25, 0.3) is 0 Å². The Morgan fingerprint density at radius 1 is 0.677 bits per heavy atom. The molecule has 0 spiro atoms. The van der Waals surface area contributed by atoms with Crippen LogP contribution in [-0.4, -0.2) is 5.78 Å². The molecule has 0 heterocycles. The average molecular weight is 399 g/mol. The smallest absolute Gasteiger partial charge is 0.171 e. The maximum absolute atomic E-state index is 13.5. The van der Waals surface area contributed by atoms with Crippen molar-refractivity contribution in [3.63, 3.8) is 0 Å². The molecular formula is C30H22O. The summed E-state index contributed by atoms with van der Waals surface area (Å²) in [5.74, 6) is 0.183. The number of hydrogen-bond donors (Lipinski definition) is 0. The van der Waals surface area contributed by atoms with Gasteiger partial charge in [0.15, 0.2) is 5.78 Å². The van der Waals surface area contributed by atoms with Gasteiger partial charge < -0.3 is 0 Å². The van der Waals surface area contributed by atoms with Gasteiger partial charge in [-0.15, -0.1) is 0 Å². The zero-order valence-corrected chi connectivity index (χ0v) is 17.7. The maximum Gasteiger partial charge on any atom is 0.171 e. The first kappa shape index (κ1) is 17.3. The molecule has 0 N–H and O–H groups in total. The van der Waals surface area contributed by atoms with E-state index in [1.807, 2.05) is 18.2 Å². The monoisotopic (exact) mass is 398 g/mol. The number of ketones is 1. The third-order valence-corrected chi connectivity index (χ3v) is 7.75. The molecule has 3 aliphatic rings. The zero-order valence-electron chi connectivity index (χ0n) is 17.7. The summed E-state index contributed by atoms with van der Waals surface area (Å²) in [7, 11) is 0. The van der Waals surface area contributed by atoms with Crippen molar-refractivity contribution in [2.24, 2.45) is 0 Å². The van der Waals surface area contributed by atoms with E-state index in [0.29, 0.717) is 0 Å². The summed E-state index contributed by atoms with van der Waals surface area (Å²) in [6, 6.07) is 28.1. The molecule has 4 aromatic carbocycles. The Kier molecular flexibility index (Phi) is 3.13. The van der Waals surface area contributed by atoms with E-state index >= 15 is 0 Å². The van der Waals surface area contributed by atoms with Crippen molar-refractivity contribution in [3.05, 3.63) is 107 Å². The van der Waals surface area contributed by atoms with Gasteiger partial charge in [-0.3, -0.25) is 4.79 Å². The maximum atomic E-state index is 13.5. The van der Waals surface area contributed by atoms with Crippen molar-refractivity contribution in [2.45, 2.75) is 31.6 Å². The summed E-state index contributed by atoms with van der Waals surface area (Å²) in [4.78, 5) is 13.5. The van der Waals surface area contributed by atoms with Crippen LogP contribution in [-0.2, 0) is 11.8 Å². The van der Waals surface area contributed by atoms with Crippen LogP contribution in [0.15, 0.2) is 78.9 Å². The summed E-state index contributed by atoms with van der Waals surface area (Å²) >= 11 is 0. The molecular weight excluding hydrogens is 376 g/mol. The standard InChI is InChI=1S/C30H22O/c1-30(2)25-13-6-5-9-19(25)21-15-14-17-16-24-27-20(11-7-12-23(27)26(17)28(21)30)18-8-3-4-10-22(18)29(24)31/h3-15,24H,16H2,1-2H3. The van der Waals surface area contributed by atoms with E-state index in [2.05, 4.69) is 74.5 Å².